The lowest BCUT2D eigenvalue weighted by Gasteiger charge is -2.32. The van der Waals surface area contributed by atoms with E-state index in [0.717, 1.165) is 4.31 Å². The van der Waals surface area contributed by atoms with Crippen LogP contribution >= 0.6 is 0 Å². The smallest absolute Gasteiger partial charge is 0.457 e. The van der Waals surface area contributed by atoms with Gasteiger partial charge in [0.1, 0.15) is 0 Å². The van der Waals surface area contributed by atoms with Crippen molar-refractivity contribution < 1.29 is 27.6 Å². The number of carboxylic acid groups (broad SMARTS) is 1. The fourth-order valence-electron chi connectivity index (χ4n) is 3.48. The Morgan fingerprint density at radius 1 is 1.37 bits per heavy atom. The summed E-state index contributed by atoms with van der Waals surface area (Å²) in [5.74, 6) is -2.07. The fraction of sp³-hybridized carbons (Fsp3) is 0.929. The molecule has 0 amide bonds. The van der Waals surface area contributed by atoms with Gasteiger partial charge in [0.15, 0.2) is 5.54 Å². The van der Waals surface area contributed by atoms with Gasteiger partial charge in [-0.15, -0.1) is 0 Å². The SMILES string of the molecule is CC1(C)OB(CCC[C@H]2CN(S(N)(=O)=O)C[C@@]2(N=[N+]=[N-])C(=O)O)OC1(C)C. The van der Waals surface area contributed by atoms with Gasteiger partial charge < -0.3 is 14.4 Å². The van der Waals surface area contributed by atoms with Crippen molar-refractivity contribution in [1.29, 1.82) is 0 Å². The van der Waals surface area contributed by atoms with E-state index >= 15 is 0 Å². The van der Waals surface area contributed by atoms with Crippen LogP contribution in [0.1, 0.15) is 40.5 Å². The summed E-state index contributed by atoms with van der Waals surface area (Å²) < 4.78 is 36.0. The zero-order chi connectivity index (χ0) is 20.7. The lowest BCUT2D eigenvalue weighted by molar-refractivity contribution is -0.144. The minimum Gasteiger partial charge on any atom is -0.481 e. The van der Waals surface area contributed by atoms with Crippen LogP contribution in [0.5, 0.6) is 0 Å². The molecule has 0 aromatic heterocycles. The normalized spacial score (nSPS) is 30.3. The molecule has 0 radical (unpaired) electrons. The first-order valence-corrected chi connectivity index (χ1v) is 10.2. The summed E-state index contributed by atoms with van der Waals surface area (Å²) in [6.07, 6.45) is 1.34. The molecule has 3 N–H and O–H groups in total. The molecule has 2 saturated heterocycles. The number of carbonyl (C=O) groups is 1. The largest absolute Gasteiger partial charge is 0.481 e. The third-order valence-electron chi connectivity index (χ3n) is 5.76. The Morgan fingerprint density at radius 3 is 2.37 bits per heavy atom. The Morgan fingerprint density at radius 2 is 1.93 bits per heavy atom. The molecular formula is C14H26BN5O6S. The van der Waals surface area contributed by atoms with Gasteiger partial charge in [-0.2, -0.15) is 12.7 Å². The topological polar surface area (TPSA) is 168 Å². The molecule has 2 fully saturated rings. The Kier molecular flexibility index (Phi) is 5.87. The number of carboxylic acids is 1. The van der Waals surface area contributed by atoms with Gasteiger partial charge >= 0.3 is 13.1 Å². The van der Waals surface area contributed by atoms with Crippen molar-refractivity contribution in [3.8, 4) is 0 Å². The maximum absolute atomic E-state index is 11.8. The van der Waals surface area contributed by atoms with Crippen LogP contribution in [0, 0.1) is 5.92 Å². The molecule has 0 saturated carbocycles. The minimum absolute atomic E-state index is 0.118. The number of nitrogens with zero attached hydrogens (tertiary/aromatic N) is 4. The summed E-state index contributed by atoms with van der Waals surface area (Å²) in [5, 5.41) is 18.2. The number of hydrogen-bond donors (Lipinski definition) is 2. The molecule has 27 heavy (non-hydrogen) atoms. The molecule has 11 nitrogen and oxygen atoms in total. The van der Waals surface area contributed by atoms with Gasteiger partial charge in [0, 0.05) is 18.0 Å². The van der Waals surface area contributed by atoms with E-state index in [-0.39, 0.29) is 6.54 Å². The first-order chi connectivity index (χ1) is 12.2. The zero-order valence-electron chi connectivity index (χ0n) is 16.0. The number of rotatable bonds is 7. The standard InChI is InChI=1S/C14H26BN5O6S/c1-12(2)13(3,4)26-15(25-12)7-5-6-10-8-20(27(17,23)24)9-14(10,11(21)22)18-19-16/h10H,5-9H2,1-4H3,(H,21,22)(H2,17,23,24)/t10-,14-/m0/s1. The molecule has 2 aliphatic heterocycles. The molecule has 2 heterocycles. The third kappa shape index (κ3) is 4.23. The van der Waals surface area contributed by atoms with E-state index in [9.17, 15) is 18.3 Å². The van der Waals surface area contributed by atoms with Crippen molar-refractivity contribution in [1.82, 2.24) is 4.31 Å². The number of aliphatic carboxylic acids is 1. The quantitative estimate of drug-likeness (QED) is 0.279. The number of hydrogen-bond acceptors (Lipinski definition) is 6. The Bertz CT molecular complexity index is 733. The monoisotopic (exact) mass is 403 g/mol. The molecule has 0 aliphatic carbocycles. The molecule has 0 unspecified atom stereocenters. The van der Waals surface area contributed by atoms with Gasteiger partial charge in [-0.05, 0) is 51.9 Å². The maximum Gasteiger partial charge on any atom is 0.457 e. The molecule has 2 atom stereocenters. The fourth-order valence-corrected chi connectivity index (χ4v) is 4.24. The molecule has 13 heteroatoms. The molecule has 0 spiro atoms. The number of azide groups is 1. The van der Waals surface area contributed by atoms with E-state index in [1.54, 1.807) is 0 Å². The average Bonchev–Trinajstić information content (AvgIpc) is 2.95. The highest BCUT2D eigenvalue weighted by molar-refractivity contribution is 7.86. The van der Waals surface area contributed by atoms with Crippen LogP contribution in [-0.4, -0.2) is 60.7 Å². The molecule has 2 aliphatic rings. The first-order valence-electron chi connectivity index (χ1n) is 8.68. The van der Waals surface area contributed by atoms with Crippen LogP contribution in [0.15, 0.2) is 5.11 Å². The summed E-state index contributed by atoms with van der Waals surface area (Å²) in [4.78, 5) is 14.4. The summed E-state index contributed by atoms with van der Waals surface area (Å²) in [7, 11) is -4.53. The minimum atomic E-state index is -4.09. The highest BCUT2D eigenvalue weighted by atomic mass is 32.2. The molecule has 0 aromatic rings. The van der Waals surface area contributed by atoms with Gasteiger partial charge in [0.2, 0.25) is 0 Å². The summed E-state index contributed by atoms with van der Waals surface area (Å²) in [5.41, 5.74) is 6.01. The van der Waals surface area contributed by atoms with Crippen molar-refractivity contribution in [3.05, 3.63) is 10.4 Å². The van der Waals surface area contributed by atoms with Gasteiger partial charge in [-0.1, -0.05) is 11.5 Å². The van der Waals surface area contributed by atoms with E-state index in [2.05, 4.69) is 10.0 Å². The van der Waals surface area contributed by atoms with Gasteiger partial charge in [-0.25, -0.2) is 5.14 Å². The van der Waals surface area contributed by atoms with E-state index in [0.29, 0.717) is 19.2 Å². The van der Waals surface area contributed by atoms with E-state index in [4.69, 9.17) is 20.0 Å². The first kappa shape index (κ1) is 21.9. The second-order valence-electron chi connectivity index (χ2n) is 8.07. The summed E-state index contributed by atoms with van der Waals surface area (Å²) >= 11 is 0. The summed E-state index contributed by atoms with van der Waals surface area (Å²) in [6.45, 7) is 7.14. The maximum atomic E-state index is 11.8. The Hall–Kier alpha value is -1.37. The van der Waals surface area contributed by atoms with Gasteiger partial charge in [-0.3, -0.25) is 4.79 Å². The van der Waals surface area contributed by atoms with Crippen LogP contribution in [0.25, 0.3) is 10.4 Å². The van der Waals surface area contributed by atoms with Gasteiger partial charge in [0.25, 0.3) is 10.2 Å². The predicted molar refractivity (Wildman–Crippen MR) is 97.8 cm³/mol. The Balaban J connectivity index is 2.09. The lowest BCUT2D eigenvalue weighted by Crippen LogP contribution is -2.45. The second kappa shape index (κ2) is 7.23. The van der Waals surface area contributed by atoms with Crippen LogP contribution in [-0.2, 0) is 24.3 Å². The van der Waals surface area contributed by atoms with Crippen LogP contribution < -0.4 is 5.14 Å². The van der Waals surface area contributed by atoms with Crippen LogP contribution in [0.2, 0.25) is 6.32 Å². The van der Waals surface area contributed by atoms with Crippen LogP contribution in [0.3, 0.4) is 0 Å². The van der Waals surface area contributed by atoms with Gasteiger partial charge in [0.05, 0.1) is 11.2 Å². The zero-order valence-corrected chi connectivity index (χ0v) is 16.8. The van der Waals surface area contributed by atoms with Crippen molar-refractivity contribution >= 4 is 23.3 Å². The van der Waals surface area contributed by atoms with E-state index in [1.807, 2.05) is 27.7 Å². The third-order valence-corrected chi connectivity index (χ3v) is 6.76. The summed E-state index contributed by atoms with van der Waals surface area (Å²) in [6, 6.07) is 0. The second-order valence-corrected chi connectivity index (χ2v) is 9.62. The highest BCUT2D eigenvalue weighted by Crippen LogP contribution is 2.40. The molecule has 2 rings (SSSR count). The molecule has 0 bridgehead atoms. The van der Waals surface area contributed by atoms with Crippen molar-refractivity contribution in [2.75, 3.05) is 13.1 Å². The predicted octanol–water partition coefficient (Wildman–Crippen LogP) is 1.13. The van der Waals surface area contributed by atoms with Crippen molar-refractivity contribution in [2.24, 2.45) is 16.2 Å². The van der Waals surface area contributed by atoms with Crippen molar-refractivity contribution in [2.45, 2.75) is 63.6 Å². The molecule has 152 valence electrons. The van der Waals surface area contributed by atoms with E-state index in [1.165, 1.54) is 0 Å². The molecular weight excluding hydrogens is 377 g/mol. The number of nitrogens with two attached hydrogens (primary N) is 1. The van der Waals surface area contributed by atoms with Crippen LogP contribution in [0.4, 0.5) is 0 Å². The average molecular weight is 403 g/mol. The highest BCUT2D eigenvalue weighted by Gasteiger charge is 2.55. The lowest BCUT2D eigenvalue weighted by atomic mass is 9.78. The molecule has 0 aromatic carbocycles. The van der Waals surface area contributed by atoms with Crippen molar-refractivity contribution in [3.63, 3.8) is 0 Å². The van der Waals surface area contributed by atoms with E-state index < -0.39 is 52.5 Å². The Labute approximate surface area is 159 Å².